The minimum Gasteiger partial charge on any atom is -0.508 e. The largest absolute Gasteiger partial charge is 0.508 e. The van der Waals surface area contributed by atoms with Crippen LogP contribution in [0.3, 0.4) is 0 Å². The smallest absolute Gasteiger partial charge is 0.295 e. The van der Waals surface area contributed by atoms with E-state index in [1.54, 1.807) is 21.1 Å². The molecule has 8 heteroatoms. The number of rotatable bonds is 6. The first-order valence-corrected chi connectivity index (χ1v) is 10.8. The van der Waals surface area contributed by atoms with Gasteiger partial charge in [0.05, 0.1) is 19.8 Å². The van der Waals surface area contributed by atoms with E-state index in [1.807, 2.05) is 12.1 Å². The highest BCUT2D eigenvalue weighted by molar-refractivity contribution is 7.86. The van der Waals surface area contributed by atoms with Crippen molar-refractivity contribution in [3.63, 3.8) is 0 Å². The summed E-state index contributed by atoms with van der Waals surface area (Å²) in [7, 11) is -1.37. The minimum atomic E-state index is -4.50. The van der Waals surface area contributed by atoms with Gasteiger partial charge in [0, 0.05) is 12.0 Å². The van der Waals surface area contributed by atoms with Crippen LogP contribution >= 0.6 is 0 Å². The number of hydrogen-bond acceptors (Lipinski definition) is 6. The lowest BCUT2D eigenvalue weighted by atomic mass is 9.77. The van der Waals surface area contributed by atoms with Gasteiger partial charge in [-0.3, -0.25) is 4.55 Å². The van der Waals surface area contributed by atoms with Crippen LogP contribution in [0, 0.1) is 6.92 Å². The van der Waals surface area contributed by atoms with Crippen molar-refractivity contribution >= 4 is 10.1 Å². The first kappa shape index (κ1) is 21.4. The molecule has 0 radical (unpaired) electrons. The minimum absolute atomic E-state index is 0.113. The van der Waals surface area contributed by atoms with Gasteiger partial charge in [-0.05, 0) is 67.5 Å². The Hall–Kier alpha value is -2.29. The fourth-order valence-corrected chi connectivity index (χ4v) is 5.07. The van der Waals surface area contributed by atoms with Crippen molar-refractivity contribution in [1.29, 1.82) is 0 Å². The van der Waals surface area contributed by atoms with E-state index in [0.717, 1.165) is 11.1 Å². The van der Waals surface area contributed by atoms with E-state index in [9.17, 15) is 23.2 Å². The van der Waals surface area contributed by atoms with Crippen LogP contribution in [-0.4, -0.2) is 43.0 Å². The third-order valence-electron chi connectivity index (χ3n) is 5.62. The summed E-state index contributed by atoms with van der Waals surface area (Å²) in [5, 5.41) is 21.3. The summed E-state index contributed by atoms with van der Waals surface area (Å²) in [5.41, 5.74) is 1.42. The summed E-state index contributed by atoms with van der Waals surface area (Å²) < 4.78 is 43.9. The molecule has 1 aliphatic carbocycles. The van der Waals surface area contributed by atoms with E-state index in [1.165, 1.54) is 12.1 Å². The summed E-state index contributed by atoms with van der Waals surface area (Å²) in [6, 6.07) is 6.60. The molecule has 29 heavy (non-hydrogen) atoms. The Kier molecular flexibility index (Phi) is 5.80. The molecule has 0 fully saturated rings. The van der Waals surface area contributed by atoms with Crippen molar-refractivity contribution in [2.75, 3.05) is 14.2 Å². The lowest BCUT2D eigenvalue weighted by Gasteiger charge is -2.34. The van der Waals surface area contributed by atoms with Crippen LogP contribution in [0.5, 0.6) is 17.2 Å². The molecule has 0 saturated carbocycles. The van der Waals surface area contributed by atoms with Crippen molar-refractivity contribution in [1.82, 2.24) is 0 Å². The molecule has 1 aliphatic rings. The van der Waals surface area contributed by atoms with Crippen LogP contribution in [0.15, 0.2) is 29.2 Å². The summed E-state index contributed by atoms with van der Waals surface area (Å²) in [6.45, 7) is 1.55. The standard InChI is InChI=1S/C21H26O7S/c1-13-4-5-17(22)16(20(13)29(24,25)26)7-9-21(23)8-6-14-10-18(27-2)19(28-3)11-15(14)12-21/h4-5,10-11,22-23H,6-9,12H2,1-3H3,(H,24,25,26). The summed E-state index contributed by atoms with van der Waals surface area (Å²) in [5.74, 6) is 1.01. The Morgan fingerprint density at radius 1 is 1.10 bits per heavy atom. The zero-order chi connectivity index (χ0) is 21.4. The molecule has 0 heterocycles. The number of methoxy groups -OCH3 is 2. The quantitative estimate of drug-likeness (QED) is 0.614. The molecule has 0 aliphatic heterocycles. The molecule has 0 bridgehead atoms. The third kappa shape index (κ3) is 4.34. The van der Waals surface area contributed by atoms with Crippen LogP contribution in [0.25, 0.3) is 0 Å². The van der Waals surface area contributed by atoms with Gasteiger partial charge in [0.2, 0.25) is 0 Å². The second-order valence-electron chi connectivity index (χ2n) is 7.56. The van der Waals surface area contributed by atoms with Crippen LogP contribution in [0.1, 0.15) is 35.1 Å². The zero-order valence-electron chi connectivity index (χ0n) is 16.7. The number of aryl methyl sites for hydroxylation is 2. The molecule has 2 aromatic rings. The fraction of sp³-hybridized carbons (Fsp3) is 0.429. The Balaban J connectivity index is 1.87. The average Bonchev–Trinajstić information content (AvgIpc) is 2.66. The van der Waals surface area contributed by atoms with Crippen LogP contribution in [0.4, 0.5) is 0 Å². The Bertz CT molecular complexity index is 1030. The molecule has 3 N–H and O–H groups in total. The van der Waals surface area contributed by atoms with E-state index in [-0.39, 0.29) is 29.1 Å². The summed E-state index contributed by atoms with van der Waals surface area (Å²) in [4.78, 5) is -0.288. The molecule has 0 spiro atoms. The highest BCUT2D eigenvalue weighted by Gasteiger charge is 2.34. The zero-order valence-corrected chi connectivity index (χ0v) is 17.5. The van der Waals surface area contributed by atoms with Gasteiger partial charge in [-0.25, -0.2) is 0 Å². The van der Waals surface area contributed by atoms with E-state index < -0.39 is 15.7 Å². The Morgan fingerprint density at radius 3 is 2.31 bits per heavy atom. The van der Waals surface area contributed by atoms with Gasteiger partial charge in [-0.15, -0.1) is 0 Å². The van der Waals surface area contributed by atoms with Gasteiger partial charge in [0.1, 0.15) is 10.6 Å². The molecule has 0 aromatic heterocycles. The maximum Gasteiger partial charge on any atom is 0.295 e. The van der Waals surface area contributed by atoms with Gasteiger partial charge in [-0.2, -0.15) is 8.42 Å². The predicted octanol–water partition coefficient (Wildman–Crippen LogP) is 2.82. The number of benzene rings is 2. The van der Waals surface area contributed by atoms with E-state index in [0.29, 0.717) is 36.3 Å². The second-order valence-corrected chi connectivity index (χ2v) is 8.92. The molecular weight excluding hydrogens is 396 g/mol. The van der Waals surface area contributed by atoms with E-state index in [2.05, 4.69) is 0 Å². The molecule has 0 saturated heterocycles. The van der Waals surface area contributed by atoms with Gasteiger partial charge in [-0.1, -0.05) is 6.07 Å². The number of aliphatic hydroxyl groups is 1. The monoisotopic (exact) mass is 422 g/mol. The molecule has 0 amide bonds. The Labute approximate surface area is 170 Å². The van der Waals surface area contributed by atoms with Crippen molar-refractivity contribution in [3.8, 4) is 17.2 Å². The first-order valence-electron chi connectivity index (χ1n) is 9.33. The number of phenols is 1. The highest BCUT2D eigenvalue weighted by atomic mass is 32.2. The fourth-order valence-electron chi connectivity index (χ4n) is 4.08. The molecule has 2 aromatic carbocycles. The molecule has 3 rings (SSSR count). The normalized spacial score (nSPS) is 18.9. The van der Waals surface area contributed by atoms with Gasteiger partial charge in [0.25, 0.3) is 10.1 Å². The van der Waals surface area contributed by atoms with Crippen molar-refractivity contribution in [2.24, 2.45) is 0 Å². The molecular formula is C21H26O7S. The van der Waals surface area contributed by atoms with Crippen molar-refractivity contribution in [2.45, 2.75) is 49.5 Å². The SMILES string of the molecule is COc1cc2c(cc1OC)CC(O)(CCc1c(O)ccc(C)c1S(=O)(=O)O)CC2. The lowest BCUT2D eigenvalue weighted by Crippen LogP contribution is -2.36. The predicted molar refractivity (Wildman–Crippen MR) is 108 cm³/mol. The molecule has 7 nitrogen and oxygen atoms in total. The molecule has 1 atom stereocenters. The molecule has 1 unspecified atom stereocenters. The highest BCUT2D eigenvalue weighted by Crippen LogP contribution is 2.39. The third-order valence-corrected chi connectivity index (χ3v) is 6.70. The molecule has 158 valence electrons. The average molecular weight is 422 g/mol. The Morgan fingerprint density at radius 2 is 1.72 bits per heavy atom. The number of ether oxygens (including phenoxy) is 2. The van der Waals surface area contributed by atoms with E-state index >= 15 is 0 Å². The lowest BCUT2D eigenvalue weighted by molar-refractivity contribution is 0.0178. The van der Waals surface area contributed by atoms with Crippen LogP contribution in [-0.2, 0) is 29.4 Å². The first-order chi connectivity index (χ1) is 13.6. The maximum absolute atomic E-state index is 11.8. The summed E-state index contributed by atoms with van der Waals surface area (Å²) >= 11 is 0. The van der Waals surface area contributed by atoms with Crippen molar-refractivity contribution < 1.29 is 32.7 Å². The second kappa shape index (κ2) is 7.85. The number of hydrogen-bond donors (Lipinski definition) is 3. The van der Waals surface area contributed by atoms with Gasteiger partial charge in [0.15, 0.2) is 11.5 Å². The summed E-state index contributed by atoms with van der Waals surface area (Å²) in [6.07, 6.45) is 1.85. The number of fused-ring (bicyclic) bond motifs is 1. The van der Waals surface area contributed by atoms with Crippen molar-refractivity contribution in [3.05, 3.63) is 46.5 Å². The number of phenolic OH excluding ortho intramolecular Hbond substituents is 1. The van der Waals surface area contributed by atoms with E-state index in [4.69, 9.17) is 9.47 Å². The van der Waals surface area contributed by atoms with Crippen LogP contribution in [0.2, 0.25) is 0 Å². The number of aromatic hydroxyl groups is 1. The maximum atomic E-state index is 11.8. The topological polar surface area (TPSA) is 113 Å². The van der Waals surface area contributed by atoms with Gasteiger partial charge < -0.3 is 19.7 Å². The van der Waals surface area contributed by atoms with Crippen LogP contribution < -0.4 is 9.47 Å². The van der Waals surface area contributed by atoms with Gasteiger partial charge >= 0.3 is 0 Å².